The van der Waals surface area contributed by atoms with Gasteiger partial charge in [0.25, 0.3) is 0 Å². The fourth-order valence-corrected chi connectivity index (χ4v) is 1.72. The minimum Gasteiger partial charge on any atom is -0.469 e. The molecule has 0 aliphatic rings. The van der Waals surface area contributed by atoms with Gasteiger partial charge in [-0.1, -0.05) is 30.3 Å². The van der Waals surface area contributed by atoms with Crippen molar-refractivity contribution < 1.29 is 19.1 Å². The minimum absolute atomic E-state index is 0. The van der Waals surface area contributed by atoms with Crippen molar-refractivity contribution in [3.63, 3.8) is 0 Å². The second kappa shape index (κ2) is 8.50. The standard InChI is InChI=1S/C13H17NO4.ClH/c1-17-11(15)8-10(12(14)13(16)18-2)9-6-4-3-5-7-9;/h3-7,10,12H,8,14H2,1-2H3;1H. The van der Waals surface area contributed by atoms with Crippen LogP contribution in [0, 0.1) is 0 Å². The largest absolute Gasteiger partial charge is 0.469 e. The Labute approximate surface area is 118 Å². The Morgan fingerprint density at radius 2 is 1.74 bits per heavy atom. The molecule has 0 radical (unpaired) electrons. The second-order valence-corrected chi connectivity index (χ2v) is 3.85. The van der Waals surface area contributed by atoms with E-state index in [1.807, 2.05) is 30.3 Å². The molecule has 1 aromatic carbocycles. The molecule has 0 heterocycles. The molecule has 0 saturated carbocycles. The van der Waals surface area contributed by atoms with Crippen molar-refractivity contribution in [2.24, 2.45) is 5.73 Å². The van der Waals surface area contributed by atoms with Gasteiger partial charge < -0.3 is 15.2 Å². The number of hydrogen-bond acceptors (Lipinski definition) is 5. The summed E-state index contributed by atoms with van der Waals surface area (Å²) in [6.07, 6.45) is 0.0385. The van der Waals surface area contributed by atoms with E-state index in [-0.39, 0.29) is 18.8 Å². The van der Waals surface area contributed by atoms with Crippen LogP contribution in [0.1, 0.15) is 17.9 Å². The van der Waals surface area contributed by atoms with Crippen molar-refractivity contribution in [1.82, 2.24) is 0 Å². The Morgan fingerprint density at radius 3 is 2.21 bits per heavy atom. The van der Waals surface area contributed by atoms with Crippen molar-refractivity contribution >= 4 is 24.3 Å². The fraction of sp³-hybridized carbons (Fsp3) is 0.385. The van der Waals surface area contributed by atoms with Crippen molar-refractivity contribution in [2.75, 3.05) is 14.2 Å². The summed E-state index contributed by atoms with van der Waals surface area (Å²) in [5.41, 5.74) is 6.63. The average molecular weight is 288 g/mol. The van der Waals surface area contributed by atoms with Crippen LogP contribution in [-0.4, -0.2) is 32.2 Å². The fourth-order valence-electron chi connectivity index (χ4n) is 1.72. The maximum absolute atomic E-state index is 11.5. The molecule has 0 amide bonds. The van der Waals surface area contributed by atoms with Gasteiger partial charge in [0.15, 0.2) is 0 Å². The van der Waals surface area contributed by atoms with Gasteiger partial charge in [-0.2, -0.15) is 0 Å². The third-order valence-electron chi connectivity index (χ3n) is 2.75. The lowest BCUT2D eigenvalue weighted by Gasteiger charge is -2.21. The van der Waals surface area contributed by atoms with Gasteiger partial charge in [-0.25, -0.2) is 0 Å². The summed E-state index contributed by atoms with van der Waals surface area (Å²) in [6, 6.07) is 8.24. The van der Waals surface area contributed by atoms with E-state index in [2.05, 4.69) is 9.47 Å². The lowest BCUT2D eigenvalue weighted by Crippen LogP contribution is -2.38. The van der Waals surface area contributed by atoms with Crippen LogP contribution in [0.25, 0.3) is 0 Å². The van der Waals surface area contributed by atoms with E-state index in [4.69, 9.17) is 5.73 Å². The van der Waals surface area contributed by atoms with Crippen LogP contribution in [-0.2, 0) is 19.1 Å². The Balaban J connectivity index is 0.00000324. The molecule has 19 heavy (non-hydrogen) atoms. The van der Waals surface area contributed by atoms with Crippen LogP contribution in [0.4, 0.5) is 0 Å². The molecule has 1 aromatic rings. The molecule has 1 rings (SSSR count). The number of ether oxygens (including phenoxy) is 2. The first kappa shape index (κ1) is 17.4. The van der Waals surface area contributed by atoms with E-state index >= 15 is 0 Å². The van der Waals surface area contributed by atoms with Crippen molar-refractivity contribution in [1.29, 1.82) is 0 Å². The third-order valence-corrected chi connectivity index (χ3v) is 2.75. The number of esters is 2. The zero-order valence-corrected chi connectivity index (χ0v) is 11.7. The number of halogens is 1. The smallest absolute Gasteiger partial charge is 0.323 e. The van der Waals surface area contributed by atoms with Crippen LogP contribution < -0.4 is 5.73 Å². The minimum atomic E-state index is -0.892. The van der Waals surface area contributed by atoms with Gasteiger partial charge >= 0.3 is 11.9 Å². The van der Waals surface area contributed by atoms with Gasteiger partial charge in [0, 0.05) is 5.92 Å². The Morgan fingerprint density at radius 1 is 1.16 bits per heavy atom. The highest BCUT2D eigenvalue weighted by molar-refractivity contribution is 5.85. The summed E-state index contributed by atoms with van der Waals surface area (Å²) in [6.45, 7) is 0. The Hall–Kier alpha value is -1.59. The SMILES string of the molecule is COC(=O)CC(c1ccccc1)C(N)C(=O)OC.Cl. The predicted octanol–water partition coefficient (Wildman–Crippen LogP) is 1.26. The van der Waals surface area contributed by atoms with Gasteiger partial charge in [0.2, 0.25) is 0 Å². The van der Waals surface area contributed by atoms with Gasteiger partial charge in [0.05, 0.1) is 20.6 Å². The van der Waals surface area contributed by atoms with Crippen LogP contribution >= 0.6 is 12.4 Å². The van der Waals surface area contributed by atoms with Crippen molar-refractivity contribution in [2.45, 2.75) is 18.4 Å². The Kier molecular flexibility index (Phi) is 7.79. The van der Waals surface area contributed by atoms with E-state index in [9.17, 15) is 9.59 Å². The highest BCUT2D eigenvalue weighted by Crippen LogP contribution is 2.23. The molecule has 0 aliphatic heterocycles. The van der Waals surface area contributed by atoms with Crippen molar-refractivity contribution in [3.8, 4) is 0 Å². The highest BCUT2D eigenvalue weighted by Gasteiger charge is 2.29. The maximum Gasteiger partial charge on any atom is 0.323 e. The van der Waals surface area contributed by atoms with Gasteiger partial charge in [0.1, 0.15) is 6.04 Å². The molecule has 0 aromatic heterocycles. The third kappa shape index (κ3) is 4.89. The summed E-state index contributed by atoms with van der Waals surface area (Å²) < 4.78 is 9.23. The van der Waals surface area contributed by atoms with E-state index in [1.54, 1.807) is 0 Å². The van der Waals surface area contributed by atoms with Crippen LogP contribution in [0.5, 0.6) is 0 Å². The van der Waals surface area contributed by atoms with E-state index in [0.29, 0.717) is 0 Å². The number of benzene rings is 1. The van der Waals surface area contributed by atoms with Crippen LogP contribution in [0.2, 0.25) is 0 Å². The predicted molar refractivity (Wildman–Crippen MR) is 73.1 cm³/mol. The first-order chi connectivity index (χ1) is 8.60. The topological polar surface area (TPSA) is 78.6 Å². The van der Waals surface area contributed by atoms with Gasteiger partial charge in [-0.15, -0.1) is 12.4 Å². The molecular weight excluding hydrogens is 270 g/mol. The maximum atomic E-state index is 11.5. The zero-order chi connectivity index (χ0) is 13.5. The molecule has 106 valence electrons. The number of carbonyl (C=O) groups is 2. The van der Waals surface area contributed by atoms with E-state index < -0.39 is 23.9 Å². The lowest BCUT2D eigenvalue weighted by molar-refractivity contribution is -0.144. The molecular formula is C13H18ClNO4. The number of hydrogen-bond donors (Lipinski definition) is 1. The monoisotopic (exact) mass is 287 g/mol. The second-order valence-electron chi connectivity index (χ2n) is 3.85. The van der Waals surface area contributed by atoms with E-state index in [1.165, 1.54) is 14.2 Å². The molecule has 0 bridgehead atoms. The summed E-state index contributed by atoms with van der Waals surface area (Å²) in [5, 5.41) is 0. The molecule has 2 atom stereocenters. The molecule has 5 nitrogen and oxygen atoms in total. The highest BCUT2D eigenvalue weighted by atomic mass is 35.5. The average Bonchev–Trinajstić information content (AvgIpc) is 2.43. The Bertz CT molecular complexity index is 410. The molecule has 0 saturated heterocycles. The summed E-state index contributed by atoms with van der Waals surface area (Å²) >= 11 is 0. The summed E-state index contributed by atoms with van der Waals surface area (Å²) in [7, 11) is 2.57. The lowest BCUT2D eigenvalue weighted by atomic mass is 9.89. The molecule has 0 aliphatic carbocycles. The molecule has 2 N–H and O–H groups in total. The first-order valence-electron chi connectivity index (χ1n) is 5.55. The molecule has 2 unspecified atom stereocenters. The van der Waals surface area contributed by atoms with Crippen molar-refractivity contribution in [3.05, 3.63) is 35.9 Å². The zero-order valence-electron chi connectivity index (χ0n) is 10.9. The number of methoxy groups -OCH3 is 2. The molecule has 6 heteroatoms. The van der Waals surface area contributed by atoms with Gasteiger partial charge in [-0.3, -0.25) is 9.59 Å². The summed E-state index contributed by atoms with van der Waals surface area (Å²) in [5.74, 6) is -1.41. The normalized spacial score (nSPS) is 12.8. The van der Waals surface area contributed by atoms with Gasteiger partial charge in [-0.05, 0) is 5.56 Å². The van der Waals surface area contributed by atoms with Crippen LogP contribution in [0.15, 0.2) is 30.3 Å². The summed E-state index contributed by atoms with van der Waals surface area (Å²) in [4.78, 5) is 22.9. The molecule has 0 fully saturated rings. The number of rotatable bonds is 5. The number of nitrogens with two attached hydrogens (primary N) is 1. The number of carbonyl (C=O) groups excluding carboxylic acids is 2. The van der Waals surface area contributed by atoms with E-state index in [0.717, 1.165) is 5.56 Å². The molecule has 0 spiro atoms. The van der Waals surface area contributed by atoms with Crippen LogP contribution in [0.3, 0.4) is 0 Å². The quantitative estimate of drug-likeness (QED) is 0.825. The first-order valence-corrected chi connectivity index (χ1v) is 5.55.